The maximum Gasteiger partial charge on any atom is 0.417 e. The molecule has 41 heavy (non-hydrogen) atoms. The lowest BCUT2D eigenvalue weighted by Gasteiger charge is -2.19. The molecule has 0 saturated carbocycles. The quantitative estimate of drug-likeness (QED) is 0.233. The molecule has 0 bridgehead atoms. The molecule has 3 aromatic rings. The summed E-state index contributed by atoms with van der Waals surface area (Å²) in [6.07, 6.45) is -4.95. The number of phenols is 1. The minimum absolute atomic E-state index is 0.0118. The van der Waals surface area contributed by atoms with E-state index >= 15 is 0 Å². The van der Waals surface area contributed by atoms with Crippen molar-refractivity contribution in [1.82, 2.24) is 5.32 Å². The second-order valence-electron chi connectivity index (χ2n) is 8.44. The number of nitrogens with one attached hydrogen (secondary N) is 4. The minimum atomic E-state index is -4.95. The zero-order chi connectivity index (χ0) is 30.6. The van der Waals surface area contributed by atoms with Gasteiger partial charge < -0.3 is 26.2 Å². The number of anilines is 2. The Bertz CT molecular complexity index is 1660. The summed E-state index contributed by atoms with van der Waals surface area (Å²) in [6, 6.07) is 9.53. The molecule has 0 aliphatic rings. The first-order valence-corrected chi connectivity index (χ1v) is 11.4. The smallest absolute Gasteiger partial charge is 0.417 e. The third-order valence-electron chi connectivity index (χ3n) is 5.67. The third kappa shape index (κ3) is 6.48. The van der Waals surface area contributed by atoms with Crippen LogP contribution in [0.25, 0.3) is 11.1 Å². The number of aromatic carboxylic acids is 1. The third-order valence-corrected chi connectivity index (χ3v) is 5.67. The number of benzene rings is 3. The van der Waals surface area contributed by atoms with E-state index in [0.29, 0.717) is 6.07 Å². The number of nitriles is 1. The van der Waals surface area contributed by atoms with Crippen molar-refractivity contribution in [1.29, 1.82) is 10.7 Å². The molecule has 0 saturated heterocycles. The molecule has 11 nitrogen and oxygen atoms in total. The minimum Gasteiger partial charge on any atom is -0.507 e. The highest BCUT2D eigenvalue weighted by atomic mass is 19.4. The van der Waals surface area contributed by atoms with Crippen LogP contribution in [0.15, 0.2) is 48.5 Å². The SMILES string of the molecule is CNC(=O)c1cc(C(=N)C(=O)Nc2ccc(C#N)cc2C(=O)O)c(O)cc1-c1ccc(NC(C)=O)cc1C(F)(F)F. The van der Waals surface area contributed by atoms with Crippen LogP contribution in [0.4, 0.5) is 24.5 Å². The number of carboxylic acids is 1. The Balaban J connectivity index is 2.12. The number of phenolic OH excluding ortho intramolecular Hbond substituents is 1. The summed E-state index contributed by atoms with van der Waals surface area (Å²) in [6.45, 7) is 1.11. The molecule has 0 fully saturated rings. The van der Waals surface area contributed by atoms with Gasteiger partial charge in [0.1, 0.15) is 11.5 Å². The van der Waals surface area contributed by atoms with Crippen LogP contribution in [0.2, 0.25) is 0 Å². The maximum absolute atomic E-state index is 14.0. The number of carbonyl (C=O) groups is 4. The topological polar surface area (TPSA) is 192 Å². The van der Waals surface area contributed by atoms with Gasteiger partial charge >= 0.3 is 12.1 Å². The Morgan fingerprint density at radius 2 is 1.61 bits per heavy atom. The van der Waals surface area contributed by atoms with E-state index in [4.69, 9.17) is 10.7 Å². The van der Waals surface area contributed by atoms with E-state index in [2.05, 4.69) is 16.0 Å². The Morgan fingerprint density at radius 1 is 0.927 bits per heavy atom. The number of alkyl halides is 3. The van der Waals surface area contributed by atoms with Crippen molar-refractivity contribution in [3.63, 3.8) is 0 Å². The van der Waals surface area contributed by atoms with Gasteiger partial charge in [-0.25, -0.2) is 4.79 Å². The van der Waals surface area contributed by atoms with Crippen molar-refractivity contribution in [3.05, 3.63) is 76.3 Å². The lowest BCUT2D eigenvalue weighted by atomic mass is 9.91. The van der Waals surface area contributed by atoms with Gasteiger partial charge in [-0.2, -0.15) is 18.4 Å². The van der Waals surface area contributed by atoms with E-state index in [9.17, 15) is 42.6 Å². The molecule has 0 aromatic heterocycles. The summed E-state index contributed by atoms with van der Waals surface area (Å²) >= 11 is 0. The van der Waals surface area contributed by atoms with E-state index in [-0.39, 0.29) is 22.5 Å². The predicted octanol–water partition coefficient (Wildman–Crippen LogP) is 3.97. The number of carbonyl (C=O) groups excluding carboxylic acids is 3. The van der Waals surface area contributed by atoms with Gasteiger partial charge in [-0.05, 0) is 53.6 Å². The molecule has 3 aromatic carbocycles. The molecule has 6 N–H and O–H groups in total. The molecule has 0 radical (unpaired) electrons. The summed E-state index contributed by atoms with van der Waals surface area (Å²) in [5.41, 5.74) is -5.00. The summed E-state index contributed by atoms with van der Waals surface area (Å²) in [5, 5.41) is 44.0. The number of carboxylic acid groups (broad SMARTS) is 1. The lowest BCUT2D eigenvalue weighted by Crippen LogP contribution is -2.25. The van der Waals surface area contributed by atoms with Crippen LogP contribution in [0.1, 0.15) is 44.3 Å². The molecule has 0 aliphatic carbocycles. The molecule has 0 spiro atoms. The number of halogens is 3. The number of amides is 3. The highest BCUT2D eigenvalue weighted by molar-refractivity contribution is 6.48. The number of hydrogen-bond donors (Lipinski definition) is 6. The molecular formula is C27H20F3N5O6. The van der Waals surface area contributed by atoms with Crippen molar-refractivity contribution in [2.75, 3.05) is 17.7 Å². The monoisotopic (exact) mass is 567 g/mol. The van der Waals surface area contributed by atoms with Gasteiger partial charge in [-0.15, -0.1) is 0 Å². The summed E-state index contributed by atoms with van der Waals surface area (Å²) in [7, 11) is 1.19. The molecule has 0 atom stereocenters. The van der Waals surface area contributed by atoms with E-state index in [1.807, 2.05) is 0 Å². The van der Waals surface area contributed by atoms with Crippen LogP contribution in [0.5, 0.6) is 5.75 Å². The highest BCUT2D eigenvalue weighted by Crippen LogP contribution is 2.41. The number of nitrogens with zero attached hydrogens (tertiary/aromatic N) is 1. The average molecular weight is 567 g/mol. The first-order valence-electron chi connectivity index (χ1n) is 11.4. The standard InChI is InChI=1S/C27H20F3N5O6/c1-12(36)34-14-4-5-15(20(8-14)27(28,29)30)16-10-22(37)19(9-17(16)24(38)33-2)23(32)25(39)35-21-6-3-13(11-31)7-18(21)26(40)41/h3-10,32,37H,1-2H3,(H,33,38)(H,34,36)(H,35,39)(H,40,41). The van der Waals surface area contributed by atoms with Crippen molar-refractivity contribution >= 4 is 40.8 Å². The van der Waals surface area contributed by atoms with Crippen molar-refractivity contribution in [2.45, 2.75) is 13.1 Å². The predicted molar refractivity (Wildman–Crippen MR) is 140 cm³/mol. The van der Waals surface area contributed by atoms with Crippen molar-refractivity contribution in [2.24, 2.45) is 0 Å². The Labute approximate surface area is 229 Å². The van der Waals surface area contributed by atoms with Crippen LogP contribution in [0, 0.1) is 16.7 Å². The van der Waals surface area contributed by atoms with Gasteiger partial charge in [0, 0.05) is 30.8 Å². The zero-order valence-corrected chi connectivity index (χ0v) is 21.2. The van der Waals surface area contributed by atoms with Gasteiger partial charge in [0.05, 0.1) is 28.4 Å². The number of hydrogen-bond acceptors (Lipinski definition) is 7. The van der Waals surface area contributed by atoms with Gasteiger partial charge in [0.15, 0.2) is 0 Å². The Hall–Kier alpha value is -5.71. The Kier molecular flexibility index (Phi) is 8.43. The normalized spacial score (nSPS) is 10.7. The Morgan fingerprint density at radius 3 is 2.17 bits per heavy atom. The molecule has 210 valence electrons. The van der Waals surface area contributed by atoms with Crippen molar-refractivity contribution < 1.29 is 42.6 Å². The molecule has 0 heterocycles. The fraction of sp³-hybridized carbons (Fsp3) is 0.111. The van der Waals surface area contributed by atoms with Gasteiger partial charge in [-0.1, -0.05) is 6.07 Å². The fourth-order valence-corrected chi connectivity index (χ4v) is 3.84. The van der Waals surface area contributed by atoms with Gasteiger partial charge in [0.25, 0.3) is 11.8 Å². The molecule has 14 heteroatoms. The average Bonchev–Trinajstić information content (AvgIpc) is 2.91. The molecule has 3 amide bonds. The largest absolute Gasteiger partial charge is 0.507 e. The van der Waals surface area contributed by atoms with E-state index in [1.165, 1.54) is 13.1 Å². The van der Waals surface area contributed by atoms with Crippen LogP contribution in [0.3, 0.4) is 0 Å². The fourth-order valence-electron chi connectivity index (χ4n) is 3.84. The highest BCUT2D eigenvalue weighted by Gasteiger charge is 2.35. The van der Waals surface area contributed by atoms with Crippen LogP contribution in [-0.4, -0.2) is 46.7 Å². The summed E-state index contributed by atoms with van der Waals surface area (Å²) in [5.74, 6) is -5.06. The first kappa shape index (κ1) is 29.8. The van der Waals surface area contributed by atoms with E-state index in [0.717, 1.165) is 43.3 Å². The second-order valence-corrected chi connectivity index (χ2v) is 8.44. The number of rotatable bonds is 7. The first-order chi connectivity index (χ1) is 19.2. The lowest BCUT2D eigenvalue weighted by molar-refractivity contribution is -0.137. The summed E-state index contributed by atoms with van der Waals surface area (Å²) in [4.78, 5) is 48.4. The molecule has 3 rings (SSSR count). The molecule has 0 unspecified atom stereocenters. The maximum atomic E-state index is 14.0. The second kappa shape index (κ2) is 11.6. The van der Waals surface area contributed by atoms with E-state index < -0.39 is 69.1 Å². The van der Waals surface area contributed by atoms with Crippen LogP contribution in [-0.2, 0) is 15.8 Å². The van der Waals surface area contributed by atoms with Crippen LogP contribution < -0.4 is 16.0 Å². The summed E-state index contributed by atoms with van der Waals surface area (Å²) < 4.78 is 42.0. The molecular weight excluding hydrogens is 547 g/mol. The molecule has 0 aliphatic heterocycles. The van der Waals surface area contributed by atoms with E-state index in [1.54, 1.807) is 6.07 Å². The van der Waals surface area contributed by atoms with Gasteiger partial charge in [-0.3, -0.25) is 19.8 Å². The number of aromatic hydroxyl groups is 1. The van der Waals surface area contributed by atoms with Gasteiger partial charge in [0.2, 0.25) is 5.91 Å². The van der Waals surface area contributed by atoms with Crippen LogP contribution >= 0.6 is 0 Å². The zero-order valence-electron chi connectivity index (χ0n) is 21.2. The van der Waals surface area contributed by atoms with Crippen molar-refractivity contribution in [3.8, 4) is 22.9 Å².